The number of rotatable bonds is 6. The quantitative estimate of drug-likeness (QED) is 0.583. The summed E-state index contributed by atoms with van der Waals surface area (Å²) in [5.74, 6) is -1.18. The molecule has 0 bridgehead atoms. The minimum atomic E-state index is -4.71. The summed E-state index contributed by atoms with van der Waals surface area (Å²) in [5, 5.41) is 0. The number of halogens is 5. The second-order valence-electron chi connectivity index (χ2n) is 4.35. The smallest absolute Gasteiger partial charge is 0.207 e. The van der Waals surface area contributed by atoms with Crippen LogP contribution in [0.5, 0.6) is 0 Å². The number of hydrogen-bond acceptors (Lipinski definition) is 2. The minimum absolute atomic E-state index is 0.0736. The average molecular weight is 348 g/mol. The van der Waals surface area contributed by atoms with E-state index in [2.05, 4.69) is 0 Å². The summed E-state index contributed by atoms with van der Waals surface area (Å²) in [4.78, 5) is -0.793. The highest BCUT2D eigenvalue weighted by Gasteiger charge is 2.37. The lowest BCUT2D eigenvalue weighted by Crippen LogP contribution is -2.39. The van der Waals surface area contributed by atoms with Crippen LogP contribution in [0.1, 0.15) is 18.9 Å². The molecule has 0 unspecified atom stereocenters. The third-order valence-electron chi connectivity index (χ3n) is 2.60. The van der Waals surface area contributed by atoms with Gasteiger partial charge in [-0.25, -0.2) is 12.8 Å². The Labute approximate surface area is 125 Å². The molecule has 0 aliphatic rings. The second-order valence-corrected chi connectivity index (χ2v) is 6.53. The average Bonchev–Trinajstić information content (AvgIpc) is 2.37. The molecule has 0 aliphatic heterocycles. The van der Waals surface area contributed by atoms with Gasteiger partial charge in [-0.3, -0.25) is 0 Å². The molecule has 0 amide bonds. The van der Waals surface area contributed by atoms with Crippen LogP contribution < -0.4 is 0 Å². The maximum atomic E-state index is 13.7. The predicted octanol–water partition coefficient (Wildman–Crippen LogP) is 3.53. The first-order chi connectivity index (χ1) is 9.61. The molecule has 0 radical (unpaired) electrons. The Morgan fingerprint density at radius 1 is 1.29 bits per heavy atom. The normalized spacial score (nSPS) is 12.9. The number of benzene rings is 1. The first-order valence-electron chi connectivity index (χ1n) is 6.03. The molecule has 1 aromatic rings. The van der Waals surface area contributed by atoms with Gasteiger partial charge in [-0.2, -0.15) is 17.5 Å². The van der Waals surface area contributed by atoms with Crippen molar-refractivity contribution in [3.63, 3.8) is 0 Å². The lowest BCUT2D eigenvalue weighted by Gasteiger charge is -2.23. The van der Waals surface area contributed by atoms with Crippen LogP contribution in [0.15, 0.2) is 23.1 Å². The van der Waals surface area contributed by atoms with E-state index in [1.54, 1.807) is 0 Å². The summed E-state index contributed by atoms with van der Waals surface area (Å²) < 4.78 is 75.9. The number of hydrogen-bond donors (Lipinski definition) is 0. The Morgan fingerprint density at radius 2 is 1.90 bits per heavy atom. The molecule has 0 saturated heterocycles. The first-order valence-corrected chi connectivity index (χ1v) is 8.00. The van der Waals surface area contributed by atoms with Crippen LogP contribution in [-0.4, -0.2) is 32.0 Å². The van der Waals surface area contributed by atoms with E-state index in [1.807, 2.05) is 0 Å². The molecule has 1 rings (SSSR count). The van der Waals surface area contributed by atoms with E-state index in [-0.39, 0.29) is 23.2 Å². The van der Waals surface area contributed by atoms with Crippen LogP contribution in [0.4, 0.5) is 17.6 Å². The van der Waals surface area contributed by atoms with E-state index in [0.717, 1.165) is 12.1 Å². The van der Waals surface area contributed by atoms with Gasteiger partial charge in [0.05, 0.1) is 0 Å². The molecule has 0 saturated carbocycles. The van der Waals surface area contributed by atoms with Crippen LogP contribution in [0.25, 0.3) is 0 Å². The third-order valence-corrected chi connectivity index (χ3v) is 4.77. The highest BCUT2D eigenvalue weighted by molar-refractivity contribution is 7.89. The molecule has 1 aromatic carbocycles. The summed E-state index contributed by atoms with van der Waals surface area (Å²) in [6.45, 7) is -0.482. The Morgan fingerprint density at radius 3 is 2.38 bits per heavy atom. The van der Waals surface area contributed by atoms with Gasteiger partial charge in [-0.1, -0.05) is 13.0 Å². The van der Waals surface area contributed by atoms with Crippen molar-refractivity contribution in [2.75, 3.05) is 13.1 Å². The fraction of sp³-hybridized carbons (Fsp3) is 0.500. The second kappa shape index (κ2) is 6.93. The molecule has 9 heteroatoms. The van der Waals surface area contributed by atoms with E-state index >= 15 is 0 Å². The van der Waals surface area contributed by atoms with E-state index < -0.39 is 33.5 Å². The molecule has 0 aliphatic carbocycles. The molecule has 0 aromatic heterocycles. The lowest BCUT2D eigenvalue weighted by atomic mass is 10.2. The SMILES string of the molecule is CCCN(CC(F)(F)F)S(=O)(=O)c1cc(CCl)ccc1F. The van der Waals surface area contributed by atoms with Crippen molar-refractivity contribution >= 4 is 21.6 Å². The molecule has 0 spiro atoms. The van der Waals surface area contributed by atoms with Gasteiger partial charge < -0.3 is 0 Å². The largest absolute Gasteiger partial charge is 0.402 e. The van der Waals surface area contributed by atoms with Gasteiger partial charge in [-0.05, 0) is 24.1 Å². The van der Waals surface area contributed by atoms with Gasteiger partial charge in [0.1, 0.15) is 17.3 Å². The van der Waals surface area contributed by atoms with Gasteiger partial charge in [-0.15, -0.1) is 11.6 Å². The summed E-state index contributed by atoms with van der Waals surface area (Å²) in [5.41, 5.74) is 0.306. The van der Waals surface area contributed by atoms with Crippen molar-refractivity contribution in [1.29, 1.82) is 0 Å². The molecular formula is C12H14ClF4NO2S. The number of alkyl halides is 4. The topological polar surface area (TPSA) is 37.4 Å². The fourth-order valence-corrected chi connectivity index (χ4v) is 3.50. The molecule has 0 atom stereocenters. The maximum Gasteiger partial charge on any atom is 0.402 e. The summed E-state index contributed by atoms with van der Waals surface area (Å²) >= 11 is 5.54. The van der Waals surface area contributed by atoms with Crippen molar-refractivity contribution in [3.05, 3.63) is 29.6 Å². The first kappa shape index (κ1) is 18.2. The monoisotopic (exact) mass is 347 g/mol. The molecule has 0 heterocycles. The zero-order valence-electron chi connectivity index (χ0n) is 11.1. The molecule has 0 N–H and O–H groups in total. The van der Waals surface area contributed by atoms with Gasteiger partial charge in [0.15, 0.2) is 0 Å². The van der Waals surface area contributed by atoms with Crippen LogP contribution in [0.3, 0.4) is 0 Å². The van der Waals surface area contributed by atoms with Crippen molar-refractivity contribution in [2.45, 2.75) is 30.3 Å². The summed E-state index contributed by atoms with van der Waals surface area (Å²) in [6.07, 6.45) is -4.53. The zero-order chi connectivity index (χ0) is 16.3. The van der Waals surface area contributed by atoms with Crippen LogP contribution in [0.2, 0.25) is 0 Å². The van der Waals surface area contributed by atoms with Gasteiger partial charge >= 0.3 is 6.18 Å². The Bertz CT molecular complexity index is 589. The van der Waals surface area contributed by atoms with Crippen molar-refractivity contribution < 1.29 is 26.0 Å². The summed E-state index contributed by atoms with van der Waals surface area (Å²) in [6, 6.07) is 3.11. The van der Waals surface area contributed by atoms with Gasteiger partial charge in [0, 0.05) is 12.4 Å². The Balaban J connectivity index is 3.28. The highest BCUT2D eigenvalue weighted by atomic mass is 35.5. The van der Waals surface area contributed by atoms with Crippen LogP contribution >= 0.6 is 11.6 Å². The van der Waals surface area contributed by atoms with Gasteiger partial charge in [0.2, 0.25) is 10.0 Å². The van der Waals surface area contributed by atoms with Crippen LogP contribution in [-0.2, 0) is 15.9 Å². The highest BCUT2D eigenvalue weighted by Crippen LogP contribution is 2.25. The third kappa shape index (κ3) is 4.82. The molecule has 21 heavy (non-hydrogen) atoms. The number of sulfonamides is 1. The van der Waals surface area contributed by atoms with Crippen molar-refractivity contribution in [1.82, 2.24) is 4.31 Å². The van der Waals surface area contributed by atoms with Gasteiger partial charge in [0.25, 0.3) is 0 Å². The molecular weight excluding hydrogens is 334 g/mol. The van der Waals surface area contributed by atoms with E-state index in [1.165, 1.54) is 13.0 Å². The summed E-state index contributed by atoms with van der Waals surface area (Å²) in [7, 11) is -4.58. The standard InChI is InChI=1S/C12H14ClF4NO2S/c1-2-5-18(8-12(15,16)17)21(19,20)11-6-9(7-13)3-4-10(11)14/h3-4,6H,2,5,7-8H2,1H3. The molecule has 0 fully saturated rings. The van der Waals surface area contributed by atoms with Crippen molar-refractivity contribution in [3.8, 4) is 0 Å². The minimum Gasteiger partial charge on any atom is -0.207 e. The Kier molecular flexibility index (Phi) is 6.01. The van der Waals surface area contributed by atoms with E-state index in [4.69, 9.17) is 11.6 Å². The Hall–Kier alpha value is -0.860. The predicted molar refractivity (Wildman–Crippen MR) is 71.1 cm³/mol. The lowest BCUT2D eigenvalue weighted by molar-refractivity contribution is -0.136. The zero-order valence-corrected chi connectivity index (χ0v) is 12.7. The van der Waals surface area contributed by atoms with E-state index in [0.29, 0.717) is 5.56 Å². The molecule has 120 valence electrons. The van der Waals surface area contributed by atoms with E-state index in [9.17, 15) is 26.0 Å². The van der Waals surface area contributed by atoms with Crippen molar-refractivity contribution in [2.24, 2.45) is 0 Å². The maximum absolute atomic E-state index is 13.7. The molecule has 3 nitrogen and oxygen atoms in total. The van der Waals surface area contributed by atoms with Crippen LogP contribution in [0, 0.1) is 5.82 Å². The number of nitrogens with zero attached hydrogens (tertiary/aromatic N) is 1. The fourth-order valence-electron chi connectivity index (χ4n) is 1.70.